The predicted octanol–water partition coefficient (Wildman–Crippen LogP) is 6.76. The molecule has 3 aromatic carbocycles. The number of amides is 15. The fourth-order valence-corrected chi connectivity index (χ4v) is 15.9. The summed E-state index contributed by atoms with van der Waals surface area (Å²) in [7, 11) is 15.7. The molecule has 15 rings (SSSR count). The fourth-order valence-electron chi connectivity index (χ4n) is 15.6. The van der Waals surface area contributed by atoms with Crippen molar-refractivity contribution in [2.24, 2.45) is 70.5 Å². The van der Waals surface area contributed by atoms with E-state index < -0.39 is 76.8 Å². The highest BCUT2D eigenvalue weighted by atomic mass is 35.5. The van der Waals surface area contributed by atoms with Crippen molar-refractivity contribution in [2.45, 2.75) is 38.5 Å². The molecule has 0 fully saturated rings. The maximum absolute atomic E-state index is 14.1. The van der Waals surface area contributed by atoms with E-state index in [9.17, 15) is 77.0 Å². The van der Waals surface area contributed by atoms with E-state index >= 15 is 0 Å². The van der Waals surface area contributed by atoms with E-state index in [1.54, 1.807) is 109 Å². The molecule has 14 aromatic rings. The third-order valence-electron chi connectivity index (χ3n) is 22.0. The number of alkyl halides is 1. The SMILES string of the molecule is CC(=O)Nc1cn(C)c(C(=O)Nc2cn(C)c(C(=O)Nc3cc(C(=O)Nc4cn(C)c(C(=O)NCCC(=O)Nc5cc(C(=O)Nc6cn(C)c(C(=O)NCCCC(=O)Nc7cc(C(=O)Nc8cn(C)c(C(=O)Nc9cc(C(=O)NCCC(=O)Nc%10cc(C(=O)Nc%11ccc%12[nH]c(C(=O)N%13CC(CCl)c%14c%13cc(O)c%13ccccc%14%13)cc%12c%11)n(C)c%10)n(C)c9)n8)n(C)c7)n6)n(C)c5)n4)n(C)c3)n2)n1. The number of rotatable bonds is 33. The molecular weight excluding hydrogens is 1790 g/mol. The van der Waals surface area contributed by atoms with Crippen LogP contribution in [0.3, 0.4) is 0 Å². The molecule has 1 atom stereocenters. The summed E-state index contributed by atoms with van der Waals surface area (Å²) in [5.41, 5.74) is 4.91. The van der Waals surface area contributed by atoms with E-state index in [-0.39, 0.29) is 184 Å². The molecule has 16 N–H and O–H groups in total. The van der Waals surface area contributed by atoms with E-state index in [0.717, 1.165) is 10.9 Å². The first kappa shape index (κ1) is 93.7. The van der Waals surface area contributed by atoms with Crippen molar-refractivity contribution in [1.82, 2.24) is 91.5 Å². The van der Waals surface area contributed by atoms with Crippen LogP contribution in [-0.2, 0) is 89.7 Å². The normalized spacial score (nSPS) is 12.1. The summed E-state index contributed by atoms with van der Waals surface area (Å²) < 4.78 is 14.3. The second-order valence-corrected chi connectivity index (χ2v) is 32.7. The summed E-state index contributed by atoms with van der Waals surface area (Å²) in [6.07, 6.45) is 14.5. The highest BCUT2D eigenvalue weighted by Gasteiger charge is 2.37. The smallest absolute Gasteiger partial charge is 0.292 e. The first-order valence-corrected chi connectivity index (χ1v) is 42.8. The number of phenolic OH excluding ortho intramolecular Hbond substituents is 1. The highest BCUT2D eigenvalue weighted by Crippen LogP contribution is 2.46. The van der Waals surface area contributed by atoms with Gasteiger partial charge in [0.25, 0.3) is 65.0 Å². The minimum atomic E-state index is -0.679. The van der Waals surface area contributed by atoms with Crippen molar-refractivity contribution in [3.05, 3.63) is 216 Å². The van der Waals surface area contributed by atoms with E-state index in [1.165, 1.54) is 141 Å². The zero-order chi connectivity index (χ0) is 97.8. The molecule has 1 aliphatic rings. The van der Waals surface area contributed by atoms with Gasteiger partial charge in [0.15, 0.2) is 29.1 Å². The van der Waals surface area contributed by atoms with Crippen molar-refractivity contribution in [3.63, 3.8) is 0 Å². The number of aromatic hydroxyl groups is 1. The summed E-state index contributed by atoms with van der Waals surface area (Å²) >= 11 is 6.43. The van der Waals surface area contributed by atoms with Crippen LogP contribution in [-0.4, -0.2) is 201 Å². The Hall–Kier alpha value is -18.0. The number of anilines is 12. The third kappa shape index (κ3) is 21.0. The van der Waals surface area contributed by atoms with Gasteiger partial charge < -0.3 is 135 Å². The van der Waals surface area contributed by atoms with Crippen LogP contribution in [0.5, 0.6) is 5.75 Å². The van der Waals surface area contributed by atoms with Gasteiger partial charge in [0, 0.05) is 225 Å². The Kier molecular flexibility index (Phi) is 26.8. The van der Waals surface area contributed by atoms with Crippen LogP contribution in [0.25, 0.3) is 21.7 Å². The number of aromatic nitrogens is 16. The Morgan fingerprint density at radius 3 is 1.14 bits per heavy atom. The van der Waals surface area contributed by atoms with Gasteiger partial charge in [0.05, 0.1) is 34.1 Å². The summed E-state index contributed by atoms with van der Waals surface area (Å²) in [6.45, 7) is 1.47. The van der Waals surface area contributed by atoms with Crippen LogP contribution in [0.15, 0.2) is 147 Å². The Morgan fingerprint density at radius 2 is 0.715 bits per heavy atom. The van der Waals surface area contributed by atoms with Crippen LogP contribution < -0.4 is 79.3 Å². The maximum Gasteiger partial charge on any atom is 0.292 e. The number of hydrogen-bond acceptors (Lipinski definition) is 21. The third-order valence-corrected chi connectivity index (χ3v) is 22.4. The average molecular weight is 1890 g/mol. The molecular formula is C89H92ClN31O16. The molecule has 0 spiro atoms. The number of nitrogens with one attached hydrogen (secondary N) is 15. The number of aromatic amines is 1. The maximum atomic E-state index is 14.1. The lowest BCUT2D eigenvalue weighted by Crippen LogP contribution is -2.30. The molecule has 0 saturated heterocycles. The Morgan fingerprint density at radius 1 is 0.365 bits per heavy atom. The van der Waals surface area contributed by atoms with Crippen molar-refractivity contribution < 1.29 is 77.0 Å². The second kappa shape index (κ2) is 39.2. The number of phenols is 1. The minimum absolute atomic E-state index is 0.0140. The van der Waals surface area contributed by atoms with Gasteiger partial charge in [-0.1, -0.05) is 24.3 Å². The standard InChI is InChI=1S/C89H92ClN31O16/c1-45(122)94-65-40-118(9)78(102-65)88(136)110-69-44-120(11)77(106-69)87(135)100-53-31-63(115(6)39-53)83(131)108-67-42-117(8)75(104-67)85(133)93-24-21-72(126)97-51-29-62(114(5)37-51)81(129)107-66-41-116(7)74(103-66)84(132)91-22-14-17-70(124)95-49-28-61(113(4)35-49)82(130)109-68-43-119(10)76(105-68)86(134)99-52-30-59(111(2)38-52)79(127)92-23-20-71(125)96-50-27-60(112(3)36-50)80(128)98-48-18-19-56-46(25-48)26-57(101-56)89(137)121-34-47(33-90)73-55-16-13-12-15-54(55)64(123)32-58(73)121/h12-13,15-16,18-19,25-32,35-44,47,101,123H,14,17,20-24,33-34H2,1-11H3,(H,91,132)(H,92,127)(H,93,133)(H,94,122)(H,95,124)(H,96,125)(H,97,126)(H,98,128)(H,99,134)(H,100,135)(H,107,129)(H,108,131)(H,109,130)(H,110,136). The monoisotopic (exact) mass is 1890 g/mol. The largest absolute Gasteiger partial charge is 0.507 e. The molecule has 15 amide bonds. The first-order valence-electron chi connectivity index (χ1n) is 42.3. The van der Waals surface area contributed by atoms with Gasteiger partial charge >= 0.3 is 0 Å². The Labute approximate surface area is 781 Å². The number of H-pyrrole nitrogens is 1. The van der Waals surface area contributed by atoms with Gasteiger partial charge in [-0.05, 0) is 72.0 Å². The summed E-state index contributed by atoms with van der Waals surface area (Å²) in [5, 5.41) is 50.6. The highest BCUT2D eigenvalue weighted by molar-refractivity contribution is 6.20. The predicted molar refractivity (Wildman–Crippen MR) is 503 cm³/mol. The van der Waals surface area contributed by atoms with Gasteiger partial charge in [-0.25, -0.2) is 24.9 Å². The lowest BCUT2D eigenvalue weighted by molar-refractivity contribution is -0.117. The number of carbonyl (C=O) groups is 15. The molecule has 706 valence electrons. The van der Waals surface area contributed by atoms with Gasteiger partial charge in [-0.3, -0.25) is 71.9 Å². The Bertz CT molecular complexity index is 7290. The van der Waals surface area contributed by atoms with Gasteiger partial charge in [-0.2, -0.15) is 0 Å². The minimum Gasteiger partial charge on any atom is -0.507 e. The van der Waals surface area contributed by atoms with E-state index in [4.69, 9.17) is 11.6 Å². The molecule has 12 heterocycles. The molecule has 1 aliphatic heterocycles. The van der Waals surface area contributed by atoms with Crippen molar-refractivity contribution in [3.8, 4) is 5.75 Å². The lowest BCUT2D eigenvalue weighted by atomic mass is 9.95. The molecule has 1 unspecified atom stereocenters. The van der Waals surface area contributed by atoms with Crippen LogP contribution in [0.4, 0.5) is 68.9 Å². The zero-order valence-corrected chi connectivity index (χ0v) is 76.2. The number of imidazole rings is 5. The number of hydrogen-bond donors (Lipinski definition) is 16. The fraction of sp³-hybridized carbons (Fsp3) is 0.236. The second-order valence-electron chi connectivity index (χ2n) is 32.4. The molecule has 0 bridgehead atoms. The quantitative estimate of drug-likeness (QED) is 0.0149. The molecule has 0 radical (unpaired) electrons. The Balaban J connectivity index is 0.442. The van der Waals surface area contributed by atoms with Gasteiger partial charge in [0.1, 0.15) is 39.9 Å². The van der Waals surface area contributed by atoms with Gasteiger partial charge in [0.2, 0.25) is 52.8 Å². The molecule has 0 saturated carbocycles. The topological polar surface area (TPSA) is 577 Å². The van der Waals surface area contributed by atoms with Crippen LogP contribution in [0, 0.1) is 0 Å². The molecule has 0 aliphatic carbocycles. The van der Waals surface area contributed by atoms with Crippen LogP contribution in [0.1, 0.15) is 160 Å². The van der Waals surface area contributed by atoms with Crippen molar-refractivity contribution in [1.29, 1.82) is 0 Å². The molecule has 11 aromatic heterocycles. The molecule has 48 heteroatoms. The van der Waals surface area contributed by atoms with E-state index in [1.807, 2.05) is 24.3 Å². The van der Waals surface area contributed by atoms with Crippen molar-refractivity contribution in [2.75, 3.05) is 95.4 Å². The summed E-state index contributed by atoms with van der Waals surface area (Å²) in [4.78, 5) is 225. The number of aryl methyl sites for hydroxylation is 10. The summed E-state index contributed by atoms with van der Waals surface area (Å²) in [5.74, 6) is -8.19. The average Bonchev–Trinajstić information content (AvgIpc) is 1.60. The van der Waals surface area contributed by atoms with Crippen LogP contribution >= 0.6 is 11.6 Å². The number of carbonyl (C=O) groups excluding carboxylic acids is 15. The lowest BCUT2D eigenvalue weighted by Gasteiger charge is -2.17. The number of halogens is 1. The van der Waals surface area contributed by atoms with Crippen molar-refractivity contribution >= 4 is 191 Å². The number of benzene rings is 3. The molecule has 137 heavy (non-hydrogen) atoms. The number of nitrogens with zero attached hydrogens (tertiary/aromatic N) is 16. The van der Waals surface area contributed by atoms with Crippen LogP contribution in [0.2, 0.25) is 0 Å². The van der Waals surface area contributed by atoms with Gasteiger partial charge in [-0.15, -0.1) is 11.6 Å². The number of fused-ring (bicyclic) bond motifs is 4. The first-order chi connectivity index (χ1) is 65.3. The zero-order valence-electron chi connectivity index (χ0n) is 75.4. The van der Waals surface area contributed by atoms with E-state index in [0.29, 0.717) is 45.6 Å². The molecule has 47 nitrogen and oxygen atoms in total. The van der Waals surface area contributed by atoms with E-state index in [2.05, 4.69) is 104 Å². The summed E-state index contributed by atoms with van der Waals surface area (Å²) in [6, 6.07) is 23.1.